The summed E-state index contributed by atoms with van der Waals surface area (Å²) in [5.74, 6) is 1.22. The Bertz CT molecular complexity index is 1130. The second kappa shape index (κ2) is 7.48. The van der Waals surface area contributed by atoms with Crippen LogP contribution in [-0.2, 0) is 0 Å². The topological polar surface area (TPSA) is 80.2 Å². The number of anilines is 2. The van der Waals surface area contributed by atoms with E-state index in [1.54, 1.807) is 24.3 Å². The van der Waals surface area contributed by atoms with Crippen LogP contribution in [-0.4, -0.2) is 26.7 Å². The zero-order chi connectivity index (χ0) is 19.5. The average Bonchev–Trinajstić information content (AvgIpc) is 2.69. The van der Waals surface area contributed by atoms with E-state index >= 15 is 0 Å². The summed E-state index contributed by atoms with van der Waals surface area (Å²) in [6.07, 6.45) is 1.39. The Morgan fingerprint density at radius 1 is 1.07 bits per heavy atom. The molecule has 6 nitrogen and oxygen atoms in total. The van der Waals surface area contributed by atoms with Crippen LogP contribution in [0.25, 0.3) is 22.3 Å². The van der Waals surface area contributed by atoms with Gasteiger partial charge in [-0.3, -0.25) is 0 Å². The molecule has 2 heterocycles. The number of nitrogens with zero attached hydrogens (tertiary/aromatic N) is 3. The van der Waals surface area contributed by atoms with Crippen molar-refractivity contribution in [2.24, 2.45) is 0 Å². The fraction of sp³-hybridized carbons (Fsp3) is 0.0952. The molecule has 4 aromatic rings. The number of fused-ring (bicyclic) bond motifs is 1. The van der Waals surface area contributed by atoms with Crippen LogP contribution in [0.15, 0.2) is 60.8 Å². The van der Waals surface area contributed by atoms with Crippen LogP contribution in [0.4, 0.5) is 15.9 Å². The minimum Gasteiger partial charge on any atom is -0.508 e. The van der Waals surface area contributed by atoms with Crippen LogP contribution in [0.3, 0.4) is 0 Å². The molecule has 7 heteroatoms. The monoisotopic (exact) mass is 376 g/mol. The Balaban J connectivity index is 1.86. The summed E-state index contributed by atoms with van der Waals surface area (Å²) < 4.78 is 18.8. The van der Waals surface area contributed by atoms with Gasteiger partial charge < -0.3 is 15.2 Å². The van der Waals surface area contributed by atoms with Crippen molar-refractivity contribution in [2.75, 3.05) is 11.9 Å². The van der Waals surface area contributed by atoms with E-state index in [1.165, 1.54) is 12.3 Å². The third kappa shape index (κ3) is 3.68. The van der Waals surface area contributed by atoms with Crippen molar-refractivity contribution in [1.29, 1.82) is 0 Å². The van der Waals surface area contributed by atoms with Crippen LogP contribution in [0, 0.1) is 5.95 Å². The van der Waals surface area contributed by atoms with Crippen molar-refractivity contribution in [3.8, 4) is 22.9 Å². The van der Waals surface area contributed by atoms with Gasteiger partial charge in [-0.05, 0) is 49.4 Å². The van der Waals surface area contributed by atoms with E-state index in [0.29, 0.717) is 40.8 Å². The van der Waals surface area contributed by atoms with Crippen molar-refractivity contribution in [3.63, 3.8) is 0 Å². The molecule has 2 N–H and O–H groups in total. The van der Waals surface area contributed by atoms with Crippen LogP contribution in [0.1, 0.15) is 6.92 Å². The van der Waals surface area contributed by atoms with Crippen molar-refractivity contribution in [2.45, 2.75) is 6.92 Å². The lowest BCUT2D eigenvalue weighted by Gasteiger charge is -2.12. The molecule has 0 fully saturated rings. The highest BCUT2D eigenvalue weighted by Gasteiger charge is 2.12. The van der Waals surface area contributed by atoms with Crippen LogP contribution in [0.5, 0.6) is 11.5 Å². The number of pyridine rings is 1. The van der Waals surface area contributed by atoms with Crippen molar-refractivity contribution < 1.29 is 14.2 Å². The smallest absolute Gasteiger partial charge is 0.212 e. The van der Waals surface area contributed by atoms with Crippen LogP contribution in [0.2, 0.25) is 0 Å². The van der Waals surface area contributed by atoms with Gasteiger partial charge in [0.1, 0.15) is 17.3 Å². The van der Waals surface area contributed by atoms with E-state index in [1.807, 2.05) is 31.2 Å². The van der Waals surface area contributed by atoms with E-state index in [0.717, 1.165) is 5.39 Å². The van der Waals surface area contributed by atoms with Crippen LogP contribution < -0.4 is 10.1 Å². The minimum absolute atomic E-state index is 0.140. The molecular formula is C21H17FN4O2. The molecule has 0 saturated carbocycles. The van der Waals surface area contributed by atoms with E-state index in [9.17, 15) is 9.50 Å². The minimum atomic E-state index is -0.566. The molecule has 4 rings (SSSR count). The summed E-state index contributed by atoms with van der Waals surface area (Å²) in [5.41, 5.74) is 1.96. The summed E-state index contributed by atoms with van der Waals surface area (Å²) >= 11 is 0. The number of aromatic hydroxyl groups is 1. The number of ether oxygens (including phenoxy) is 1. The van der Waals surface area contributed by atoms with Gasteiger partial charge in [0.25, 0.3) is 0 Å². The molecule has 0 amide bonds. The predicted molar refractivity (Wildman–Crippen MR) is 105 cm³/mol. The lowest BCUT2D eigenvalue weighted by atomic mass is 10.2. The van der Waals surface area contributed by atoms with Gasteiger partial charge in [-0.1, -0.05) is 6.07 Å². The second-order valence-corrected chi connectivity index (χ2v) is 6.05. The predicted octanol–water partition coefficient (Wildman–Crippen LogP) is 4.68. The number of aromatic nitrogens is 3. The number of hydrogen-bond acceptors (Lipinski definition) is 6. The summed E-state index contributed by atoms with van der Waals surface area (Å²) in [4.78, 5) is 12.9. The van der Waals surface area contributed by atoms with Gasteiger partial charge in [-0.2, -0.15) is 4.39 Å². The SMILES string of the molecule is CCOc1ccc2nc(-c3ccc(F)nc3)nc(Nc3cccc(O)c3)c2c1. The Morgan fingerprint density at radius 3 is 2.71 bits per heavy atom. The zero-order valence-electron chi connectivity index (χ0n) is 15.1. The molecule has 0 saturated heterocycles. The fourth-order valence-corrected chi connectivity index (χ4v) is 2.82. The highest BCUT2D eigenvalue weighted by atomic mass is 19.1. The molecular weight excluding hydrogens is 359 g/mol. The van der Waals surface area contributed by atoms with Crippen molar-refractivity contribution in [3.05, 3.63) is 66.7 Å². The lowest BCUT2D eigenvalue weighted by molar-refractivity contribution is 0.340. The molecule has 0 aliphatic heterocycles. The molecule has 0 radical (unpaired) electrons. The lowest BCUT2D eigenvalue weighted by Crippen LogP contribution is -2.00. The zero-order valence-corrected chi connectivity index (χ0v) is 15.1. The van der Waals surface area contributed by atoms with Gasteiger partial charge in [0, 0.05) is 28.9 Å². The highest BCUT2D eigenvalue weighted by Crippen LogP contribution is 2.30. The Labute approximate surface area is 160 Å². The Hall–Kier alpha value is -3.74. The number of phenolic OH excluding ortho intramolecular Hbond substituents is 1. The largest absolute Gasteiger partial charge is 0.508 e. The number of nitrogens with one attached hydrogen (secondary N) is 1. The average molecular weight is 376 g/mol. The molecule has 0 atom stereocenters. The van der Waals surface area contributed by atoms with Gasteiger partial charge in [0.15, 0.2) is 5.82 Å². The first-order valence-electron chi connectivity index (χ1n) is 8.75. The highest BCUT2D eigenvalue weighted by molar-refractivity contribution is 5.93. The van der Waals surface area contributed by atoms with Gasteiger partial charge in [0.05, 0.1) is 12.1 Å². The molecule has 0 aliphatic carbocycles. The first kappa shape index (κ1) is 17.7. The second-order valence-electron chi connectivity index (χ2n) is 6.05. The molecule has 2 aromatic carbocycles. The number of rotatable bonds is 5. The third-order valence-corrected chi connectivity index (χ3v) is 4.07. The van der Waals surface area contributed by atoms with Crippen molar-refractivity contribution in [1.82, 2.24) is 15.0 Å². The summed E-state index contributed by atoms with van der Waals surface area (Å²) in [6, 6.07) is 15.1. The summed E-state index contributed by atoms with van der Waals surface area (Å²) in [5, 5.41) is 13.7. The molecule has 2 aromatic heterocycles. The van der Waals surface area contributed by atoms with E-state index in [4.69, 9.17) is 4.74 Å². The van der Waals surface area contributed by atoms with Crippen molar-refractivity contribution >= 4 is 22.4 Å². The van der Waals surface area contributed by atoms with Gasteiger partial charge in [0.2, 0.25) is 5.95 Å². The maximum Gasteiger partial charge on any atom is 0.212 e. The van der Waals surface area contributed by atoms with Gasteiger partial charge in [-0.15, -0.1) is 0 Å². The normalized spacial score (nSPS) is 10.8. The summed E-state index contributed by atoms with van der Waals surface area (Å²) in [6.45, 7) is 2.46. The molecule has 0 bridgehead atoms. The number of hydrogen-bond donors (Lipinski definition) is 2. The number of halogens is 1. The first-order chi connectivity index (χ1) is 13.6. The van der Waals surface area contributed by atoms with Gasteiger partial charge >= 0.3 is 0 Å². The standard InChI is InChI=1S/C21H17FN4O2/c1-2-28-16-7-8-18-17(11-16)21(24-14-4-3-5-15(27)10-14)26-20(25-18)13-6-9-19(22)23-12-13/h3-12,27H,2H2,1H3,(H,24,25,26). The van der Waals surface area contributed by atoms with E-state index in [-0.39, 0.29) is 5.75 Å². The molecule has 0 unspecified atom stereocenters. The Kier molecular flexibility index (Phi) is 4.72. The first-order valence-corrected chi connectivity index (χ1v) is 8.75. The van der Waals surface area contributed by atoms with Gasteiger partial charge in [-0.25, -0.2) is 15.0 Å². The summed E-state index contributed by atoms with van der Waals surface area (Å²) in [7, 11) is 0. The Morgan fingerprint density at radius 2 is 1.96 bits per heavy atom. The molecule has 0 aliphatic rings. The van der Waals surface area contributed by atoms with E-state index < -0.39 is 5.95 Å². The maximum atomic E-state index is 13.2. The number of phenols is 1. The number of benzene rings is 2. The molecule has 0 spiro atoms. The third-order valence-electron chi connectivity index (χ3n) is 4.07. The molecule has 140 valence electrons. The van der Waals surface area contributed by atoms with E-state index in [2.05, 4.69) is 20.3 Å². The molecule has 28 heavy (non-hydrogen) atoms. The van der Waals surface area contributed by atoms with Crippen LogP contribution >= 0.6 is 0 Å². The quantitative estimate of drug-likeness (QED) is 0.492. The maximum absolute atomic E-state index is 13.2. The fourth-order valence-electron chi connectivity index (χ4n) is 2.82.